The van der Waals surface area contributed by atoms with Gasteiger partial charge in [0.2, 0.25) is 0 Å². The van der Waals surface area contributed by atoms with Gasteiger partial charge in [0.25, 0.3) is 0 Å². The summed E-state index contributed by atoms with van der Waals surface area (Å²) in [7, 11) is 0. The highest BCUT2D eigenvalue weighted by Gasteiger charge is 2.40. The molecule has 0 N–H and O–H groups in total. The van der Waals surface area contributed by atoms with Gasteiger partial charge in [-0.1, -0.05) is 15.9 Å². The normalized spacial score (nSPS) is 32.8. The van der Waals surface area contributed by atoms with E-state index in [1.165, 1.54) is 0 Å². The predicted octanol–water partition coefficient (Wildman–Crippen LogP) is 2.99. The molecule has 0 aromatic carbocycles. The van der Waals surface area contributed by atoms with E-state index in [0.717, 1.165) is 31.4 Å². The van der Waals surface area contributed by atoms with E-state index < -0.39 is 0 Å². The van der Waals surface area contributed by atoms with Crippen LogP contribution >= 0.6 is 15.9 Å². The van der Waals surface area contributed by atoms with Crippen LogP contribution in [0.15, 0.2) is 0 Å². The van der Waals surface area contributed by atoms with E-state index in [4.69, 9.17) is 9.47 Å². The Morgan fingerprint density at radius 3 is 2.71 bits per heavy atom. The molecule has 0 saturated carbocycles. The summed E-state index contributed by atoms with van der Waals surface area (Å²) in [5.41, 5.74) is 0.300. The molecule has 2 unspecified atom stereocenters. The number of hydrogen-bond acceptors (Lipinski definition) is 2. The molecule has 0 amide bonds. The third kappa shape index (κ3) is 2.94. The van der Waals surface area contributed by atoms with Crippen molar-refractivity contribution in [3.8, 4) is 0 Å². The third-order valence-electron chi connectivity index (χ3n) is 3.15. The molecule has 1 rings (SSSR count). The van der Waals surface area contributed by atoms with Gasteiger partial charge < -0.3 is 9.47 Å². The van der Waals surface area contributed by atoms with Crippen LogP contribution in [-0.4, -0.2) is 30.8 Å². The van der Waals surface area contributed by atoms with E-state index in [9.17, 15) is 0 Å². The molecule has 1 aliphatic heterocycles. The number of hydrogen-bond donors (Lipinski definition) is 0. The highest BCUT2D eigenvalue weighted by atomic mass is 79.9. The number of halogens is 1. The van der Waals surface area contributed by atoms with Crippen LogP contribution in [0, 0.1) is 5.41 Å². The molecular weight excluding hydrogens is 244 g/mol. The summed E-state index contributed by atoms with van der Waals surface area (Å²) < 4.78 is 11.2. The van der Waals surface area contributed by atoms with E-state index in [-0.39, 0.29) is 0 Å². The molecule has 0 aromatic rings. The third-order valence-corrected chi connectivity index (χ3v) is 4.26. The molecular formula is C11H21BrO2. The van der Waals surface area contributed by atoms with Gasteiger partial charge in [-0.05, 0) is 33.6 Å². The van der Waals surface area contributed by atoms with Crippen molar-refractivity contribution in [3.05, 3.63) is 0 Å². The second kappa shape index (κ2) is 5.47. The highest BCUT2D eigenvalue weighted by molar-refractivity contribution is 9.09. The minimum atomic E-state index is 0.300. The fraction of sp³-hybridized carbons (Fsp3) is 1.00. The maximum absolute atomic E-state index is 5.63. The van der Waals surface area contributed by atoms with E-state index in [2.05, 4.69) is 36.7 Å². The van der Waals surface area contributed by atoms with Crippen LogP contribution < -0.4 is 0 Å². The predicted molar refractivity (Wildman–Crippen MR) is 62.0 cm³/mol. The average Bonchev–Trinajstić information content (AvgIpc) is 2.48. The van der Waals surface area contributed by atoms with E-state index in [0.29, 0.717) is 17.6 Å². The van der Waals surface area contributed by atoms with E-state index in [1.54, 1.807) is 0 Å². The first kappa shape index (κ1) is 12.5. The molecule has 14 heavy (non-hydrogen) atoms. The lowest BCUT2D eigenvalue weighted by Crippen LogP contribution is -2.32. The van der Waals surface area contributed by atoms with Gasteiger partial charge in [-0.15, -0.1) is 0 Å². The van der Waals surface area contributed by atoms with Crippen LogP contribution in [0.2, 0.25) is 0 Å². The van der Waals surface area contributed by atoms with Crippen molar-refractivity contribution in [1.82, 2.24) is 0 Å². The molecule has 3 heteroatoms. The van der Waals surface area contributed by atoms with Gasteiger partial charge >= 0.3 is 0 Å². The second-order valence-corrected chi connectivity index (χ2v) is 4.99. The van der Waals surface area contributed by atoms with Gasteiger partial charge in [-0.3, -0.25) is 0 Å². The van der Waals surface area contributed by atoms with Crippen molar-refractivity contribution in [2.75, 3.05) is 18.5 Å². The quantitative estimate of drug-likeness (QED) is 0.711. The molecule has 84 valence electrons. The molecule has 2 nitrogen and oxygen atoms in total. The van der Waals surface area contributed by atoms with Crippen LogP contribution in [0.3, 0.4) is 0 Å². The molecule has 0 radical (unpaired) electrons. The van der Waals surface area contributed by atoms with Crippen LogP contribution in [-0.2, 0) is 9.47 Å². The van der Waals surface area contributed by atoms with Gasteiger partial charge in [0.15, 0.2) is 0 Å². The summed E-state index contributed by atoms with van der Waals surface area (Å²) in [6, 6.07) is 0. The van der Waals surface area contributed by atoms with Gasteiger partial charge in [0.1, 0.15) is 0 Å². The first-order valence-electron chi connectivity index (χ1n) is 5.40. The zero-order chi connectivity index (χ0) is 10.6. The molecule has 0 aromatic heterocycles. The average molecular weight is 265 g/mol. The minimum Gasteiger partial charge on any atom is -0.379 e. The van der Waals surface area contributed by atoms with Gasteiger partial charge in [-0.25, -0.2) is 0 Å². The molecule has 1 heterocycles. The molecule has 1 fully saturated rings. The maximum atomic E-state index is 5.63. The van der Waals surface area contributed by atoms with Crippen LogP contribution in [0.25, 0.3) is 0 Å². The first-order valence-corrected chi connectivity index (χ1v) is 6.52. The topological polar surface area (TPSA) is 18.5 Å². The smallest absolute Gasteiger partial charge is 0.0612 e. The lowest BCUT2D eigenvalue weighted by atomic mass is 9.81. The fourth-order valence-electron chi connectivity index (χ4n) is 1.89. The number of alkyl halides is 1. The standard InChI is InChI=1S/C11H21BrO2/c1-9(2)13-6-4-11(8-12)5-7-14-10(11)3/h9-10H,4-8H2,1-3H3. The Morgan fingerprint density at radius 1 is 1.57 bits per heavy atom. The summed E-state index contributed by atoms with van der Waals surface area (Å²) in [6.07, 6.45) is 2.94. The summed E-state index contributed by atoms with van der Waals surface area (Å²) in [5, 5.41) is 1.02. The monoisotopic (exact) mass is 264 g/mol. The fourth-order valence-corrected chi connectivity index (χ4v) is 2.90. The molecule has 1 saturated heterocycles. The van der Waals surface area contributed by atoms with Crippen molar-refractivity contribution in [1.29, 1.82) is 0 Å². The first-order chi connectivity index (χ1) is 6.60. The largest absolute Gasteiger partial charge is 0.379 e. The maximum Gasteiger partial charge on any atom is 0.0612 e. The van der Waals surface area contributed by atoms with Crippen molar-refractivity contribution in [2.45, 2.75) is 45.8 Å². The van der Waals surface area contributed by atoms with Gasteiger partial charge in [0, 0.05) is 24.0 Å². The van der Waals surface area contributed by atoms with Gasteiger partial charge in [0.05, 0.1) is 12.2 Å². The molecule has 2 atom stereocenters. The summed E-state index contributed by atoms with van der Waals surface area (Å²) in [4.78, 5) is 0. The zero-order valence-corrected chi connectivity index (χ0v) is 11.0. The minimum absolute atomic E-state index is 0.300. The number of ether oxygens (including phenoxy) is 2. The van der Waals surface area contributed by atoms with Crippen LogP contribution in [0.4, 0.5) is 0 Å². The Balaban J connectivity index is 2.37. The van der Waals surface area contributed by atoms with Crippen molar-refractivity contribution in [3.63, 3.8) is 0 Å². The number of rotatable bonds is 5. The Hall–Kier alpha value is 0.400. The molecule has 0 aliphatic carbocycles. The summed E-state index contributed by atoms with van der Waals surface area (Å²) in [6.45, 7) is 8.07. The Kier molecular flexibility index (Phi) is 4.88. The van der Waals surface area contributed by atoms with Crippen molar-refractivity contribution >= 4 is 15.9 Å². The summed E-state index contributed by atoms with van der Waals surface area (Å²) in [5.74, 6) is 0. The Bertz CT molecular complexity index is 173. The van der Waals surface area contributed by atoms with Gasteiger partial charge in [-0.2, -0.15) is 0 Å². The van der Waals surface area contributed by atoms with Crippen LogP contribution in [0.5, 0.6) is 0 Å². The summed E-state index contributed by atoms with van der Waals surface area (Å²) >= 11 is 3.61. The zero-order valence-electron chi connectivity index (χ0n) is 9.38. The van der Waals surface area contributed by atoms with Crippen LogP contribution in [0.1, 0.15) is 33.6 Å². The molecule has 0 bridgehead atoms. The van der Waals surface area contributed by atoms with Crippen molar-refractivity contribution < 1.29 is 9.47 Å². The SMILES string of the molecule is CC(C)OCCC1(CBr)CCOC1C. The molecule has 1 aliphatic rings. The second-order valence-electron chi connectivity index (χ2n) is 4.43. The highest BCUT2D eigenvalue weighted by Crippen LogP contribution is 2.39. The lowest BCUT2D eigenvalue weighted by molar-refractivity contribution is 0.0263. The Morgan fingerprint density at radius 2 is 2.29 bits per heavy atom. The van der Waals surface area contributed by atoms with Crippen molar-refractivity contribution in [2.24, 2.45) is 5.41 Å². The van der Waals surface area contributed by atoms with E-state index in [1.807, 2.05) is 0 Å². The van der Waals surface area contributed by atoms with E-state index >= 15 is 0 Å². The lowest BCUT2D eigenvalue weighted by Gasteiger charge is -2.30. The molecule has 0 spiro atoms. The Labute approximate surface area is 95.5 Å².